The quantitative estimate of drug-likeness (QED) is 0.852. The van der Waals surface area contributed by atoms with Gasteiger partial charge in [-0.3, -0.25) is 4.98 Å². The Balaban J connectivity index is 0. The van der Waals surface area contributed by atoms with Crippen LogP contribution in [0.4, 0.5) is 4.39 Å². The lowest BCUT2D eigenvalue weighted by Gasteiger charge is -2.01. The number of halogens is 3. The van der Waals surface area contributed by atoms with Gasteiger partial charge in [0.2, 0.25) is 0 Å². The summed E-state index contributed by atoms with van der Waals surface area (Å²) < 4.78 is 17.4. The molecule has 76 valence electrons. The summed E-state index contributed by atoms with van der Waals surface area (Å²) in [6.07, 6.45) is 2.56. The van der Waals surface area contributed by atoms with Gasteiger partial charge in [-0.25, -0.2) is 4.39 Å². The van der Waals surface area contributed by atoms with Crippen molar-refractivity contribution in [2.45, 2.75) is 0 Å². The van der Waals surface area contributed by atoms with Gasteiger partial charge in [0.1, 0.15) is 18.2 Å². The fourth-order valence-corrected chi connectivity index (χ4v) is 0.648. The van der Waals surface area contributed by atoms with E-state index >= 15 is 0 Å². The molecule has 0 amide bonds. The minimum atomic E-state index is -0.403. The molecule has 0 radical (unpaired) electrons. The van der Waals surface area contributed by atoms with Gasteiger partial charge in [0.25, 0.3) is 0 Å². The first kappa shape index (κ1) is 14.9. The molecule has 0 spiro atoms. The van der Waals surface area contributed by atoms with Crippen molar-refractivity contribution < 1.29 is 9.13 Å². The molecule has 0 fully saturated rings. The van der Waals surface area contributed by atoms with E-state index in [1.807, 2.05) is 0 Å². The van der Waals surface area contributed by atoms with Gasteiger partial charge in [0.15, 0.2) is 0 Å². The predicted molar refractivity (Wildman–Crippen MR) is 53.2 cm³/mol. The van der Waals surface area contributed by atoms with E-state index in [4.69, 9.17) is 10.5 Å². The zero-order valence-corrected chi connectivity index (χ0v) is 8.41. The number of nitrogens with zero attached hydrogens (tertiary/aromatic N) is 1. The van der Waals surface area contributed by atoms with Crippen molar-refractivity contribution >= 4 is 24.8 Å². The molecule has 1 aromatic heterocycles. The van der Waals surface area contributed by atoms with E-state index < -0.39 is 5.82 Å². The second-order valence-electron chi connectivity index (χ2n) is 1.98. The first-order chi connectivity index (χ1) is 5.33. The number of aromatic nitrogens is 1. The maximum absolute atomic E-state index is 12.4. The minimum Gasteiger partial charge on any atom is -0.491 e. The van der Waals surface area contributed by atoms with Gasteiger partial charge in [0, 0.05) is 12.6 Å². The minimum absolute atomic E-state index is 0. The van der Waals surface area contributed by atoms with Crippen molar-refractivity contribution in [1.29, 1.82) is 0 Å². The van der Waals surface area contributed by atoms with Gasteiger partial charge < -0.3 is 10.5 Å². The molecule has 1 aromatic rings. The number of rotatable bonds is 3. The van der Waals surface area contributed by atoms with E-state index in [-0.39, 0.29) is 24.8 Å². The molecule has 0 saturated heterocycles. The molecular formula is C7H11Cl2FN2O. The molecule has 0 aliphatic carbocycles. The zero-order chi connectivity index (χ0) is 8.10. The second-order valence-corrected chi connectivity index (χ2v) is 1.98. The molecule has 13 heavy (non-hydrogen) atoms. The van der Waals surface area contributed by atoms with Crippen LogP contribution in [0.3, 0.4) is 0 Å². The average Bonchev–Trinajstić information content (AvgIpc) is 2.01. The van der Waals surface area contributed by atoms with Crippen LogP contribution in [0.25, 0.3) is 0 Å². The summed E-state index contributed by atoms with van der Waals surface area (Å²) in [6, 6.07) is 1.27. The molecule has 0 aromatic carbocycles. The molecule has 1 heterocycles. The number of ether oxygens (including phenoxy) is 1. The number of hydrogen-bond donors (Lipinski definition) is 1. The summed E-state index contributed by atoms with van der Waals surface area (Å²) in [5.41, 5.74) is 5.18. The van der Waals surface area contributed by atoms with Crippen molar-refractivity contribution in [2.24, 2.45) is 5.73 Å². The first-order valence-electron chi connectivity index (χ1n) is 3.26. The van der Waals surface area contributed by atoms with Crippen LogP contribution in [0.1, 0.15) is 0 Å². The highest BCUT2D eigenvalue weighted by Crippen LogP contribution is 2.08. The van der Waals surface area contributed by atoms with Crippen LogP contribution in [0.2, 0.25) is 0 Å². The van der Waals surface area contributed by atoms with E-state index in [0.29, 0.717) is 18.9 Å². The molecule has 1 rings (SSSR count). The highest BCUT2D eigenvalue weighted by atomic mass is 35.5. The molecule has 6 heteroatoms. The third kappa shape index (κ3) is 5.63. The summed E-state index contributed by atoms with van der Waals surface area (Å²) in [6.45, 7) is 0.793. The van der Waals surface area contributed by atoms with Crippen molar-refractivity contribution in [3.8, 4) is 5.75 Å². The molecule has 0 aliphatic rings. The fraction of sp³-hybridized carbons (Fsp3) is 0.286. The molecule has 2 N–H and O–H groups in total. The van der Waals surface area contributed by atoms with Gasteiger partial charge in [-0.1, -0.05) is 0 Å². The molecule has 0 aliphatic heterocycles. The Morgan fingerprint density at radius 2 is 2.08 bits per heavy atom. The van der Waals surface area contributed by atoms with Gasteiger partial charge in [0.05, 0.1) is 12.4 Å². The molecular weight excluding hydrogens is 218 g/mol. The van der Waals surface area contributed by atoms with Crippen molar-refractivity contribution in [3.05, 3.63) is 24.3 Å². The van der Waals surface area contributed by atoms with Crippen LogP contribution in [-0.2, 0) is 0 Å². The molecule has 0 saturated carbocycles. The summed E-state index contributed by atoms with van der Waals surface area (Å²) in [5.74, 6) is 0.00923. The van der Waals surface area contributed by atoms with Crippen LogP contribution in [0.5, 0.6) is 5.75 Å². The monoisotopic (exact) mass is 228 g/mol. The van der Waals surface area contributed by atoms with Crippen LogP contribution in [-0.4, -0.2) is 18.1 Å². The number of hydrogen-bond acceptors (Lipinski definition) is 3. The van der Waals surface area contributed by atoms with Crippen LogP contribution >= 0.6 is 24.8 Å². The SMILES string of the molecule is Cl.Cl.NCCOc1cncc(F)c1. The Labute approximate surface area is 88.3 Å². The van der Waals surface area contributed by atoms with E-state index in [1.165, 1.54) is 12.3 Å². The Morgan fingerprint density at radius 1 is 1.38 bits per heavy atom. The highest BCUT2D eigenvalue weighted by Gasteiger charge is 1.94. The van der Waals surface area contributed by atoms with Gasteiger partial charge in [-0.15, -0.1) is 24.8 Å². The molecule has 0 atom stereocenters. The molecule has 0 unspecified atom stereocenters. The Bertz CT molecular complexity index is 237. The van der Waals surface area contributed by atoms with E-state index in [9.17, 15) is 4.39 Å². The largest absolute Gasteiger partial charge is 0.491 e. The predicted octanol–water partition coefficient (Wildman–Crippen LogP) is 1.40. The van der Waals surface area contributed by atoms with Crippen molar-refractivity contribution in [3.63, 3.8) is 0 Å². The normalized spacial score (nSPS) is 8.15. The lowest BCUT2D eigenvalue weighted by molar-refractivity contribution is 0.325. The highest BCUT2D eigenvalue weighted by molar-refractivity contribution is 5.85. The lowest BCUT2D eigenvalue weighted by Crippen LogP contribution is -2.10. The van der Waals surface area contributed by atoms with Crippen LogP contribution in [0, 0.1) is 5.82 Å². The van der Waals surface area contributed by atoms with Gasteiger partial charge in [-0.05, 0) is 0 Å². The van der Waals surface area contributed by atoms with Crippen molar-refractivity contribution in [1.82, 2.24) is 4.98 Å². The third-order valence-electron chi connectivity index (χ3n) is 1.07. The zero-order valence-electron chi connectivity index (χ0n) is 6.77. The maximum atomic E-state index is 12.4. The molecule has 3 nitrogen and oxygen atoms in total. The van der Waals surface area contributed by atoms with Crippen molar-refractivity contribution in [2.75, 3.05) is 13.2 Å². The second kappa shape index (κ2) is 8.04. The summed E-state index contributed by atoms with van der Waals surface area (Å²) in [7, 11) is 0. The number of nitrogens with two attached hydrogens (primary N) is 1. The topological polar surface area (TPSA) is 48.1 Å². The first-order valence-corrected chi connectivity index (χ1v) is 3.26. The standard InChI is InChI=1S/C7H9FN2O.2ClH/c8-6-3-7(5-10-4-6)11-2-1-9;;/h3-5H,1-2,9H2;2*1H. The maximum Gasteiger partial charge on any atom is 0.145 e. The number of pyridine rings is 1. The van der Waals surface area contributed by atoms with E-state index in [2.05, 4.69) is 4.98 Å². The van der Waals surface area contributed by atoms with Crippen LogP contribution in [0.15, 0.2) is 18.5 Å². The smallest absolute Gasteiger partial charge is 0.145 e. The Hall–Kier alpha value is -0.580. The van der Waals surface area contributed by atoms with Gasteiger partial charge in [-0.2, -0.15) is 0 Å². The average molecular weight is 229 g/mol. The lowest BCUT2D eigenvalue weighted by atomic mass is 10.4. The van der Waals surface area contributed by atoms with E-state index in [1.54, 1.807) is 0 Å². The Kier molecular flexibility index (Phi) is 9.22. The summed E-state index contributed by atoms with van der Waals surface area (Å²) >= 11 is 0. The Morgan fingerprint density at radius 3 is 2.62 bits per heavy atom. The third-order valence-corrected chi connectivity index (χ3v) is 1.07. The van der Waals surface area contributed by atoms with E-state index in [0.717, 1.165) is 6.20 Å². The van der Waals surface area contributed by atoms with Crippen LogP contribution < -0.4 is 10.5 Å². The molecule has 0 bridgehead atoms. The fourth-order valence-electron chi connectivity index (χ4n) is 0.648. The summed E-state index contributed by atoms with van der Waals surface area (Å²) in [4.78, 5) is 3.60. The van der Waals surface area contributed by atoms with Gasteiger partial charge >= 0.3 is 0 Å². The summed E-state index contributed by atoms with van der Waals surface area (Å²) in [5, 5.41) is 0.